The molecule has 0 spiro atoms. The van der Waals surface area contributed by atoms with E-state index in [-0.39, 0.29) is 17.9 Å². The van der Waals surface area contributed by atoms with Gasteiger partial charge in [-0.1, -0.05) is 24.3 Å². The van der Waals surface area contributed by atoms with Gasteiger partial charge in [0, 0.05) is 6.54 Å². The molecule has 114 valence electrons. The van der Waals surface area contributed by atoms with E-state index < -0.39 is 18.8 Å². The molecule has 0 atom stereocenters. The predicted molar refractivity (Wildman–Crippen MR) is 80.4 cm³/mol. The van der Waals surface area contributed by atoms with Crippen molar-refractivity contribution in [1.29, 1.82) is 0 Å². The molecule has 0 unspecified atom stereocenters. The van der Waals surface area contributed by atoms with E-state index in [0.717, 1.165) is 11.6 Å². The topological polar surface area (TPSA) is 78.8 Å². The second-order valence-electron chi connectivity index (χ2n) is 4.64. The summed E-state index contributed by atoms with van der Waals surface area (Å²) in [4.78, 5) is 12.1. The minimum absolute atomic E-state index is 0.116. The van der Waals surface area contributed by atoms with Gasteiger partial charge >= 0.3 is 7.12 Å². The Morgan fingerprint density at radius 2 is 1.91 bits per heavy atom. The molecule has 0 aliphatic rings. The number of hydrogen-bond acceptors (Lipinski definition) is 4. The Hall–Kier alpha value is -2.38. The minimum Gasteiger partial charge on any atom is -0.496 e. The fourth-order valence-corrected chi connectivity index (χ4v) is 1.94. The van der Waals surface area contributed by atoms with Crippen molar-refractivity contribution in [2.75, 3.05) is 7.11 Å². The Balaban J connectivity index is 2.05. The number of amides is 1. The zero-order valence-corrected chi connectivity index (χ0v) is 11.9. The van der Waals surface area contributed by atoms with Crippen molar-refractivity contribution in [3.63, 3.8) is 0 Å². The molecule has 0 aliphatic carbocycles. The van der Waals surface area contributed by atoms with E-state index in [1.165, 1.54) is 19.2 Å². The SMILES string of the molecule is COc1ccc(F)cc1C(=O)NCc1ccc(B(O)O)cc1. The van der Waals surface area contributed by atoms with Crippen LogP contribution in [-0.4, -0.2) is 30.2 Å². The highest BCUT2D eigenvalue weighted by Gasteiger charge is 2.14. The summed E-state index contributed by atoms with van der Waals surface area (Å²) >= 11 is 0. The zero-order valence-electron chi connectivity index (χ0n) is 11.9. The third-order valence-corrected chi connectivity index (χ3v) is 3.14. The van der Waals surface area contributed by atoms with Crippen molar-refractivity contribution < 1.29 is 24.0 Å². The van der Waals surface area contributed by atoms with Gasteiger partial charge in [-0.25, -0.2) is 4.39 Å². The van der Waals surface area contributed by atoms with Gasteiger partial charge in [-0.2, -0.15) is 0 Å². The highest BCUT2D eigenvalue weighted by molar-refractivity contribution is 6.58. The quantitative estimate of drug-likeness (QED) is 0.701. The number of benzene rings is 2. The summed E-state index contributed by atoms with van der Waals surface area (Å²) in [5.41, 5.74) is 1.25. The van der Waals surface area contributed by atoms with Crippen molar-refractivity contribution in [2.24, 2.45) is 0 Å². The molecular weight excluding hydrogens is 288 g/mol. The molecule has 0 saturated heterocycles. The van der Waals surface area contributed by atoms with Crippen molar-refractivity contribution >= 4 is 18.5 Å². The molecular formula is C15H15BFNO4. The largest absolute Gasteiger partial charge is 0.496 e. The van der Waals surface area contributed by atoms with Crippen molar-refractivity contribution in [3.05, 3.63) is 59.4 Å². The number of rotatable bonds is 5. The maximum atomic E-state index is 13.2. The first-order valence-electron chi connectivity index (χ1n) is 6.58. The van der Waals surface area contributed by atoms with Gasteiger partial charge in [0.05, 0.1) is 12.7 Å². The molecule has 0 heterocycles. The third kappa shape index (κ3) is 3.84. The second-order valence-corrected chi connectivity index (χ2v) is 4.64. The fourth-order valence-electron chi connectivity index (χ4n) is 1.94. The van der Waals surface area contributed by atoms with Crippen molar-refractivity contribution in [3.8, 4) is 5.75 Å². The molecule has 1 amide bonds. The molecule has 0 saturated carbocycles. The first-order chi connectivity index (χ1) is 10.5. The number of hydrogen-bond donors (Lipinski definition) is 3. The van der Waals surface area contributed by atoms with E-state index in [1.54, 1.807) is 24.3 Å². The molecule has 0 aromatic heterocycles. The average molecular weight is 303 g/mol. The monoisotopic (exact) mass is 303 g/mol. The van der Waals surface area contributed by atoms with Gasteiger partial charge in [0.15, 0.2) is 0 Å². The lowest BCUT2D eigenvalue weighted by atomic mass is 9.80. The van der Waals surface area contributed by atoms with Crippen LogP contribution in [0.15, 0.2) is 42.5 Å². The minimum atomic E-state index is -1.53. The standard InChI is InChI=1S/C15H15BFNO4/c1-22-14-7-6-12(17)8-13(14)15(19)18-9-10-2-4-11(5-3-10)16(20)21/h2-8,20-21H,9H2,1H3,(H,18,19). The highest BCUT2D eigenvalue weighted by atomic mass is 19.1. The summed E-state index contributed by atoms with van der Waals surface area (Å²) in [6.07, 6.45) is 0. The van der Waals surface area contributed by atoms with Crippen LogP contribution in [0.4, 0.5) is 4.39 Å². The molecule has 0 aliphatic heterocycles. The second kappa shape index (κ2) is 7.06. The number of nitrogens with one attached hydrogen (secondary N) is 1. The molecule has 5 nitrogen and oxygen atoms in total. The molecule has 7 heteroatoms. The van der Waals surface area contributed by atoms with E-state index in [2.05, 4.69) is 5.32 Å². The van der Waals surface area contributed by atoms with Crippen LogP contribution in [0.5, 0.6) is 5.75 Å². The van der Waals surface area contributed by atoms with Crippen LogP contribution in [0.3, 0.4) is 0 Å². The number of ether oxygens (including phenoxy) is 1. The van der Waals surface area contributed by atoms with Gasteiger partial charge in [-0.15, -0.1) is 0 Å². The van der Waals surface area contributed by atoms with E-state index in [9.17, 15) is 9.18 Å². The molecule has 0 bridgehead atoms. The number of methoxy groups -OCH3 is 1. The predicted octanol–water partition coefficient (Wildman–Crippen LogP) is 0.444. The molecule has 2 aromatic rings. The smallest absolute Gasteiger partial charge is 0.488 e. The van der Waals surface area contributed by atoms with Gasteiger partial charge in [-0.3, -0.25) is 4.79 Å². The van der Waals surface area contributed by atoms with E-state index in [0.29, 0.717) is 5.46 Å². The lowest BCUT2D eigenvalue weighted by Gasteiger charge is -2.10. The highest BCUT2D eigenvalue weighted by Crippen LogP contribution is 2.19. The normalized spacial score (nSPS) is 10.2. The first kappa shape index (κ1) is 16.0. The lowest BCUT2D eigenvalue weighted by Crippen LogP contribution is -2.30. The molecule has 0 fully saturated rings. The molecule has 3 N–H and O–H groups in total. The third-order valence-electron chi connectivity index (χ3n) is 3.14. The first-order valence-corrected chi connectivity index (χ1v) is 6.58. The van der Waals surface area contributed by atoms with Crippen molar-refractivity contribution in [2.45, 2.75) is 6.54 Å². The van der Waals surface area contributed by atoms with Gasteiger partial charge in [0.1, 0.15) is 11.6 Å². The average Bonchev–Trinajstić information content (AvgIpc) is 2.53. The van der Waals surface area contributed by atoms with E-state index in [4.69, 9.17) is 14.8 Å². The van der Waals surface area contributed by atoms with Crippen LogP contribution in [0, 0.1) is 5.82 Å². The van der Waals surface area contributed by atoms with Gasteiger partial charge < -0.3 is 20.1 Å². The summed E-state index contributed by atoms with van der Waals surface area (Å²) in [7, 11) is -0.122. The maximum Gasteiger partial charge on any atom is 0.488 e. The molecule has 0 radical (unpaired) electrons. The Bertz CT molecular complexity index is 661. The van der Waals surface area contributed by atoms with E-state index in [1.807, 2.05) is 0 Å². The Kier molecular flexibility index (Phi) is 5.14. The Morgan fingerprint density at radius 1 is 1.23 bits per heavy atom. The lowest BCUT2D eigenvalue weighted by molar-refractivity contribution is 0.0947. The summed E-state index contributed by atoms with van der Waals surface area (Å²) in [6.45, 7) is 0.223. The summed E-state index contributed by atoms with van der Waals surface area (Å²) in [6, 6.07) is 10.1. The van der Waals surface area contributed by atoms with Crippen LogP contribution >= 0.6 is 0 Å². The fraction of sp³-hybridized carbons (Fsp3) is 0.133. The Morgan fingerprint density at radius 3 is 2.50 bits per heavy atom. The van der Waals surface area contributed by atoms with Crippen LogP contribution in [-0.2, 0) is 6.54 Å². The molecule has 22 heavy (non-hydrogen) atoms. The molecule has 2 rings (SSSR count). The zero-order chi connectivity index (χ0) is 16.1. The van der Waals surface area contributed by atoms with Crippen LogP contribution in [0.2, 0.25) is 0 Å². The van der Waals surface area contributed by atoms with Gasteiger partial charge in [0.2, 0.25) is 0 Å². The number of carbonyl (C=O) groups is 1. The Labute approximate surface area is 127 Å². The summed E-state index contributed by atoms with van der Waals surface area (Å²) in [5, 5.41) is 20.7. The summed E-state index contributed by atoms with van der Waals surface area (Å²) in [5.74, 6) is -0.687. The number of carbonyl (C=O) groups excluding carboxylic acids is 1. The number of halogens is 1. The van der Waals surface area contributed by atoms with Crippen LogP contribution in [0.25, 0.3) is 0 Å². The van der Waals surface area contributed by atoms with E-state index >= 15 is 0 Å². The summed E-state index contributed by atoms with van der Waals surface area (Å²) < 4.78 is 18.3. The van der Waals surface area contributed by atoms with Gasteiger partial charge in [0.25, 0.3) is 5.91 Å². The van der Waals surface area contributed by atoms with Crippen LogP contribution < -0.4 is 15.5 Å². The van der Waals surface area contributed by atoms with Crippen LogP contribution in [0.1, 0.15) is 15.9 Å². The van der Waals surface area contributed by atoms with Gasteiger partial charge in [-0.05, 0) is 29.2 Å². The molecule has 2 aromatic carbocycles. The maximum absolute atomic E-state index is 13.2. The van der Waals surface area contributed by atoms with Crippen molar-refractivity contribution in [1.82, 2.24) is 5.32 Å².